The van der Waals surface area contributed by atoms with Crippen LogP contribution in [0.2, 0.25) is 0 Å². The maximum Gasteiger partial charge on any atom is 0.271 e. The maximum atomic E-state index is 12.0. The maximum absolute atomic E-state index is 12.0. The lowest BCUT2D eigenvalue weighted by atomic mass is 9.88. The SMILES string of the molecule is CCC1(COS(=O)(=O)Cc2ccccc2)COCOC1. The summed E-state index contributed by atoms with van der Waals surface area (Å²) >= 11 is 0. The lowest BCUT2D eigenvalue weighted by Crippen LogP contribution is -2.41. The normalized spacial score (nSPS) is 18.9. The van der Waals surface area contributed by atoms with E-state index in [9.17, 15) is 8.42 Å². The summed E-state index contributed by atoms with van der Waals surface area (Å²) in [5.41, 5.74) is 0.344. The van der Waals surface area contributed by atoms with E-state index in [1.807, 2.05) is 13.0 Å². The summed E-state index contributed by atoms with van der Waals surface area (Å²) in [6.07, 6.45) is 0.744. The van der Waals surface area contributed by atoms with Gasteiger partial charge < -0.3 is 9.47 Å². The van der Waals surface area contributed by atoms with Crippen LogP contribution in [0, 0.1) is 5.41 Å². The first-order valence-corrected chi connectivity index (χ1v) is 8.19. The van der Waals surface area contributed by atoms with Gasteiger partial charge >= 0.3 is 0 Å². The van der Waals surface area contributed by atoms with Gasteiger partial charge in [0, 0.05) is 5.41 Å². The van der Waals surface area contributed by atoms with Crippen LogP contribution in [-0.4, -0.2) is 35.0 Å². The zero-order valence-corrected chi connectivity index (χ0v) is 12.4. The van der Waals surface area contributed by atoms with E-state index in [0.717, 1.165) is 6.42 Å². The van der Waals surface area contributed by atoms with Crippen LogP contribution in [-0.2, 0) is 29.5 Å². The molecule has 0 bridgehead atoms. The number of benzene rings is 1. The molecule has 0 saturated carbocycles. The highest BCUT2D eigenvalue weighted by Gasteiger charge is 2.34. The summed E-state index contributed by atoms with van der Waals surface area (Å²) in [7, 11) is -3.59. The number of hydrogen-bond acceptors (Lipinski definition) is 5. The van der Waals surface area contributed by atoms with E-state index in [-0.39, 0.29) is 24.6 Å². The van der Waals surface area contributed by atoms with Gasteiger partial charge in [-0.05, 0) is 12.0 Å². The van der Waals surface area contributed by atoms with Crippen molar-refractivity contribution in [2.45, 2.75) is 19.1 Å². The van der Waals surface area contributed by atoms with Gasteiger partial charge in [0.25, 0.3) is 10.1 Å². The Morgan fingerprint density at radius 1 is 1.20 bits per heavy atom. The molecule has 1 saturated heterocycles. The standard InChI is InChI=1S/C14H20O5S/c1-2-14(9-17-12-18-10-14)11-19-20(15,16)8-13-6-4-3-5-7-13/h3-7H,2,8-12H2,1H3. The molecule has 1 aliphatic rings. The molecule has 1 aliphatic heterocycles. The first-order valence-electron chi connectivity index (χ1n) is 6.62. The molecule has 0 spiro atoms. The molecule has 0 unspecified atom stereocenters. The monoisotopic (exact) mass is 300 g/mol. The molecule has 20 heavy (non-hydrogen) atoms. The van der Waals surface area contributed by atoms with E-state index in [4.69, 9.17) is 13.7 Å². The summed E-state index contributed by atoms with van der Waals surface area (Å²) in [6.45, 7) is 3.26. The van der Waals surface area contributed by atoms with Gasteiger partial charge in [-0.15, -0.1) is 0 Å². The van der Waals surface area contributed by atoms with Crippen molar-refractivity contribution in [2.24, 2.45) is 5.41 Å². The van der Waals surface area contributed by atoms with E-state index in [1.54, 1.807) is 24.3 Å². The van der Waals surface area contributed by atoms with Crippen LogP contribution in [0.15, 0.2) is 30.3 Å². The predicted molar refractivity (Wildman–Crippen MR) is 74.5 cm³/mol. The summed E-state index contributed by atoms with van der Waals surface area (Å²) in [4.78, 5) is 0. The van der Waals surface area contributed by atoms with Gasteiger partial charge in [-0.25, -0.2) is 0 Å². The van der Waals surface area contributed by atoms with Crippen molar-refractivity contribution in [2.75, 3.05) is 26.6 Å². The van der Waals surface area contributed by atoms with E-state index in [2.05, 4.69) is 0 Å². The molecule has 0 amide bonds. The van der Waals surface area contributed by atoms with Gasteiger partial charge in [-0.3, -0.25) is 4.18 Å². The second-order valence-corrected chi connectivity index (χ2v) is 6.76. The van der Waals surface area contributed by atoms with Crippen molar-refractivity contribution in [1.29, 1.82) is 0 Å². The van der Waals surface area contributed by atoms with Gasteiger partial charge in [-0.1, -0.05) is 37.3 Å². The minimum Gasteiger partial charge on any atom is -0.355 e. The molecule has 0 N–H and O–H groups in total. The van der Waals surface area contributed by atoms with Crippen molar-refractivity contribution in [1.82, 2.24) is 0 Å². The molecule has 6 heteroatoms. The average molecular weight is 300 g/mol. The minimum absolute atomic E-state index is 0.0959. The van der Waals surface area contributed by atoms with Crippen LogP contribution < -0.4 is 0 Å². The van der Waals surface area contributed by atoms with Crippen molar-refractivity contribution < 1.29 is 22.1 Å². The molecule has 0 radical (unpaired) electrons. The van der Waals surface area contributed by atoms with E-state index >= 15 is 0 Å². The predicted octanol–water partition coefficient (Wildman–Crippen LogP) is 1.93. The zero-order valence-electron chi connectivity index (χ0n) is 11.6. The fourth-order valence-corrected chi connectivity index (χ4v) is 3.15. The van der Waals surface area contributed by atoms with Gasteiger partial charge in [0.1, 0.15) is 12.5 Å². The van der Waals surface area contributed by atoms with E-state index in [1.165, 1.54) is 0 Å². The molecular weight excluding hydrogens is 280 g/mol. The Morgan fingerprint density at radius 3 is 2.45 bits per heavy atom. The highest BCUT2D eigenvalue weighted by molar-refractivity contribution is 7.85. The molecule has 0 atom stereocenters. The summed E-state index contributed by atoms with van der Waals surface area (Å²) in [6, 6.07) is 8.99. The van der Waals surface area contributed by atoms with Gasteiger partial charge in [-0.2, -0.15) is 8.42 Å². The van der Waals surface area contributed by atoms with Gasteiger partial charge in [0.2, 0.25) is 0 Å². The molecule has 1 aromatic rings. The number of rotatable bonds is 6. The van der Waals surface area contributed by atoms with E-state index in [0.29, 0.717) is 18.8 Å². The van der Waals surface area contributed by atoms with Gasteiger partial charge in [0.15, 0.2) is 0 Å². The highest BCUT2D eigenvalue weighted by Crippen LogP contribution is 2.27. The van der Waals surface area contributed by atoms with Crippen LogP contribution in [0.5, 0.6) is 0 Å². The van der Waals surface area contributed by atoms with Crippen LogP contribution in [0.3, 0.4) is 0 Å². The smallest absolute Gasteiger partial charge is 0.271 e. The van der Waals surface area contributed by atoms with Crippen LogP contribution >= 0.6 is 0 Å². The number of ether oxygens (including phenoxy) is 2. The fourth-order valence-electron chi connectivity index (χ4n) is 2.04. The Kier molecular flexibility index (Phi) is 5.15. The first-order chi connectivity index (χ1) is 9.55. The molecule has 1 aromatic carbocycles. The van der Waals surface area contributed by atoms with Crippen LogP contribution in [0.4, 0.5) is 0 Å². The molecule has 2 rings (SSSR count). The molecule has 0 aromatic heterocycles. The minimum atomic E-state index is -3.59. The topological polar surface area (TPSA) is 61.8 Å². The Labute approximate surface area is 120 Å². The Morgan fingerprint density at radius 2 is 1.85 bits per heavy atom. The molecule has 5 nitrogen and oxygen atoms in total. The van der Waals surface area contributed by atoms with Gasteiger partial charge in [0.05, 0.1) is 19.8 Å². The third-order valence-electron chi connectivity index (χ3n) is 3.46. The third kappa shape index (κ3) is 4.28. The zero-order chi connectivity index (χ0) is 14.5. The third-order valence-corrected chi connectivity index (χ3v) is 4.63. The van der Waals surface area contributed by atoms with E-state index < -0.39 is 10.1 Å². The second kappa shape index (κ2) is 6.67. The van der Waals surface area contributed by atoms with Crippen molar-refractivity contribution >= 4 is 10.1 Å². The summed E-state index contributed by atoms with van der Waals surface area (Å²) < 4.78 is 39.7. The summed E-state index contributed by atoms with van der Waals surface area (Å²) in [5, 5.41) is 0. The lowest BCUT2D eigenvalue weighted by molar-refractivity contribution is -0.173. The largest absolute Gasteiger partial charge is 0.355 e. The van der Waals surface area contributed by atoms with Crippen molar-refractivity contribution in [3.63, 3.8) is 0 Å². The van der Waals surface area contributed by atoms with Crippen molar-refractivity contribution in [3.05, 3.63) is 35.9 Å². The highest BCUT2D eigenvalue weighted by atomic mass is 32.2. The first kappa shape index (κ1) is 15.4. The Hall–Kier alpha value is -0.950. The average Bonchev–Trinajstić information content (AvgIpc) is 2.47. The quantitative estimate of drug-likeness (QED) is 0.751. The molecule has 0 aliphatic carbocycles. The Bertz CT molecular complexity index is 506. The molecule has 112 valence electrons. The number of hydrogen-bond donors (Lipinski definition) is 0. The summed E-state index contributed by atoms with van der Waals surface area (Å²) in [5.74, 6) is -0.116. The Balaban J connectivity index is 1.94. The van der Waals surface area contributed by atoms with Crippen molar-refractivity contribution in [3.8, 4) is 0 Å². The second-order valence-electron chi connectivity index (χ2n) is 5.12. The fraction of sp³-hybridized carbons (Fsp3) is 0.571. The molecule has 1 fully saturated rings. The van der Waals surface area contributed by atoms with Crippen LogP contribution in [0.1, 0.15) is 18.9 Å². The molecular formula is C14H20O5S. The lowest BCUT2D eigenvalue weighted by Gasteiger charge is -2.35. The molecule has 1 heterocycles. The van der Waals surface area contributed by atoms with Crippen LogP contribution in [0.25, 0.3) is 0 Å².